The highest BCUT2D eigenvalue weighted by atomic mass is 16.5. The molecule has 1 heterocycles. The molecule has 0 amide bonds. The van der Waals surface area contributed by atoms with Gasteiger partial charge in [0.1, 0.15) is 12.4 Å². The van der Waals surface area contributed by atoms with Crippen LogP contribution < -0.4 is 0 Å². The van der Waals surface area contributed by atoms with Gasteiger partial charge >= 0.3 is 5.97 Å². The molecule has 0 N–H and O–H groups in total. The van der Waals surface area contributed by atoms with Gasteiger partial charge in [-0.2, -0.15) is 5.26 Å². The van der Waals surface area contributed by atoms with Crippen molar-refractivity contribution in [1.29, 1.82) is 5.26 Å². The molecule has 0 spiro atoms. The second-order valence-corrected chi connectivity index (χ2v) is 4.80. The minimum Gasteiger partial charge on any atom is -0.466 e. The molecule has 4 nitrogen and oxygen atoms in total. The van der Waals surface area contributed by atoms with Gasteiger partial charge in [-0.1, -0.05) is 6.92 Å². The fourth-order valence-electron chi connectivity index (χ4n) is 1.80. The first-order chi connectivity index (χ1) is 8.51. The van der Waals surface area contributed by atoms with E-state index in [1.54, 1.807) is 18.4 Å². The van der Waals surface area contributed by atoms with Gasteiger partial charge in [0.25, 0.3) is 0 Å². The number of hydrogen-bond acceptors (Lipinski definition) is 4. The van der Waals surface area contributed by atoms with Crippen LogP contribution >= 0.6 is 0 Å². The third-order valence-electron chi connectivity index (χ3n) is 3.18. The van der Waals surface area contributed by atoms with Gasteiger partial charge in [-0.25, -0.2) is 0 Å². The molecule has 0 fully saturated rings. The predicted octanol–water partition coefficient (Wildman–Crippen LogP) is 3.29. The summed E-state index contributed by atoms with van der Waals surface area (Å²) < 4.78 is 10.3. The number of hydrogen-bond donors (Lipinski definition) is 0. The van der Waals surface area contributed by atoms with Crippen molar-refractivity contribution in [3.8, 4) is 6.07 Å². The van der Waals surface area contributed by atoms with Crippen molar-refractivity contribution < 1.29 is 13.9 Å². The van der Waals surface area contributed by atoms with Gasteiger partial charge in [-0.05, 0) is 38.8 Å². The van der Waals surface area contributed by atoms with Crippen LogP contribution in [-0.4, -0.2) is 5.97 Å². The number of rotatable bonds is 6. The van der Waals surface area contributed by atoms with Crippen LogP contribution in [0.1, 0.15) is 39.4 Å². The first kappa shape index (κ1) is 14.3. The third-order valence-corrected chi connectivity index (χ3v) is 3.18. The van der Waals surface area contributed by atoms with Crippen molar-refractivity contribution in [2.24, 2.45) is 11.3 Å². The average Bonchev–Trinajstić information content (AvgIpc) is 2.88. The molecule has 98 valence electrons. The Morgan fingerprint density at radius 1 is 1.67 bits per heavy atom. The van der Waals surface area contributed by atoms with Crippen molar-refractivity contribution in [1.82, 2.24) is 0 Å². The molecule has 0 radical (unpaired) electrons. The Labute approximate surface area is 108 Å². The molecule has 18 heavy (non-hydrogen) atoms. The minimum atomic E-state index is -0.609. The molecule has 0 aromatic carbocycles. The van der Waals surface area contributed by atoms with Gasteiger partial charge in [0, 0.05) is 5.92 Å². The maximum absolute atomic E-state index is 12.1. The number of carbonyl (C=O) groups excluding carboxylic acids is 1. The summed E-state index contributed by atoms with van der Waals surface area (Å²) in [5.41, 5.74) is -0.609. The molecule has 0 saturated carbocycles. The number of nitriles is 1. The molecule has 4 heteroatoms. The molecule has 0 aliphatic carbocycles. The molecule has 0 aliphatic rings. The smallest absolute Gasteiger partial charge is 0.312 e. The maximum Gasteiger partial charge on any atom is 0.312 e. The van der Waals surface area contributed by atoms with Gasteiger partial charge in [0.2, 0.25) is 0 Å². The molecule has 1 aromatic heterocycles. The Morgan fingerprint density at radius 3 is 2.89 bits per heavy atom. The zero-order valence-corrected chi connectivity index (χ0v) is 11.1. The highest BCUT2D eigenvalue weighted by Gasteiger charge is 2.34. The van der Waals surface area contributed by atoms with E-state index in [2.05, 4.69) is 6.07 Å². The molecular formula is C14H19NO3. The van der Waals surface area contributed by atoms with Crippen LogP contribution in [0, 0.1) is 22.7 Å². The summed E-state index contributed by atoms with van der Waals surface area (Å²) in [4.78, 5) is 12.1. The zero-order valence-electron chi connectivity index (χ0n) is 11.1. The Balaban J connectivity index is 2.58. The summed E-state index contributed by atoms with van der Waals surface area (Å²) in [5.74, 6) is 0.185. The van der Waals surface area contributed by atoms with Crippen molar-refractivity contribution in [2.75, 3.05) is 0 Å². The molecule has 0 saturated heterocycles. The first-order valence-electron chi connectivity index (χ1n) is 6.11. The van der Waals surface area contributed by atoms with Crippen LogP contribution in [0.15, 0.2) is 22.8 Å². The minimum absolute atomic E-state index is 0.141. The third kappa shape index (κ3) is 3.63. The van der Waals surface area contributed by atoms with Crippen LogP contribution in [0.2, 0.25) is 0 Å². The Hall–Kier alpha value is -1.76. The molecule has 0 aliphatic heterocycles. The van der Waals surface area contributed by atoms with E-state index >= 15 is 0 Å². The Bertz CT molecular complexity index is 419. The lowest BCUT2D eigenvalue weighted by atomic mass is 9.79. The molecule has 0 bridgehead atoms. The highest BCUT2D eigenvalue weighted by Crippen LogP contribution is 2.31. The lowest BCUT2D eigenvalue weighted by molar-refractivity contribution is -0.158. The van der Waals surface area contributed by atoms with E-state index in [-0.39, 0.29) is 18.5 Å². The van der Waals surface area contributed by atoms with Crippen molar-refractivity contribution in [2.45, 2.75) is 40.2 Å². The van der Waals surface area contributed by atoms with Gasteiger partial charge in [0.15, 0.2) is 0 Å². The number of furan rings is 1. The summed E-state index contributed by atoms with van der Waals surface area (Å²) in [7, 11) is 0. The largest absolute Gasteiger partial charge is 0.466 e. The molecule has 2 unspecified atom stereocenters. The lowest BCUT2D eigenvalue weighted by Crippen LogP contribution is -2.31. The Kier molecular flexibility index (Phi) is 4.96. The quantitative estimate of drug-likeness (QED) is 0.726. The van der Waals surface area contributed by atoms with Crippen LogP contribution in [0.5, 0.6) is 0 Å². The van der Waals surface area contributed by atoms with Crippen LogP contribution in [0.3, 0.4) is 0 Å². The predicted molar refractivity (Wildman–Crippen MR) is 66.3 cm³/mol. The van der Waals surface area contributed by atoms with Crippen LogP contribution in [0.25, 0.3) is 0 Å². The maximum atomic E-state index is 12.1. The standard InChI is InChI=1S/C14H19NO3/c1-4-14(3,8-11(2)9-15)13(16)18-10-12-6-5-7-17-12/h5-7,11H,4,8,10H2,1-3H3. The zero-order chi connectivity index (χ0) is 13.6. The van der Waals surface area contributed by atoms with Gasteiger partial charge < -0.3 is 9.15 Å². The highest BCUT2D eigenvalue weighted by molar-refractivity contribution is 5.76. The molecular weight excluding hydrogens is 230 g/mol. The van der Waals surface area contributed by atoms with E-state index in [0.717, 1.165) is 0 Å². The average molecular weight is 249 g/mol. The monoisotopic (exact) mass is 249 g/mol. The van der Waals surface area contributed by atoms with E-state index in [0.29, 0.717) is 18.6 Å². The lowest BCUT2D eigenvalue weighted by Gasteiger charge is -2.26. The van der Waals surface area contributed by atoms with Crippen molar-refractivity contribution >= 4 is 5.97 Å². The topological polar surface area (TPSA) is 63.2 Å². The van der Waals surface area contributed by atoms with E-state index in [1.165, 1.54) is 0 Å². The van der Waals surface area contributed by atoms with E-state index in [9.17, 15) is 4.79 Å². The van der Waals surface area contributed by atoms with Gasteiger partial charge in [-0.3, -0.25) is 4.79 Å². The number of carbonyl (C=O) groups is 1. The summed E-state index contributed by atoms with van der Waals surface area (Å²) in [6, 6.07) is 5.66. The normalized spacial score (nSPS) is 15.4. The van der Waals surface area contributed by atoms with Crippen LogP contribution in [-0.2, 0) is 16.1 Å². The summed E-state index contributed by atoms with van der Waals surface area (Å²) >= 11 is 0. The fraction of sp³-hybridized carbons (Fsp3) is 0.571. The fourth-order valence-corrected chi connectivity index (χ4v) is 1.80. The number of esters is 1. The van der Waals surface area contributed by atoms with E-state index in [4.69, 9.17) is 14.4 Å². The summed E-state index contributed by atoms with van der Waals surface area (Å²) in [6.45, 7) is 5.72. The van der Waals surface area contributed by atoms with E-state index in [1.807, 2.05) is 20.8 Å². The second-order valence-electron chi connectivity index (χ2n) is 4.80. The molecule has 1 rings (SSSR count). The summed E-state index contributed by atoms with van der Waals surface area (Å²) in [5, 5.41) is 8.84. The van der Waals surface area contributed by atoms with Crippen molar-refractivity contribution in [3.63, 3.8) is 0 Å². The van der Waals surface area contributed by atoms with Crippen molar-refractivity contribution in [3.05, 3.63) is 24.2 Å². The number of nitrogens with zero attached hydrogens (tertiary/aromatic N) is 1. The first-order valence-corrected chi connectivity index (χ1v) is 6.11. The second kappa shape index (κ2) is 6.25. The van der Waals surface area contributed by atoms with Crippen LogP contribution in [0.4, 0.5) is 0 Å². The van der Waals surface area contributed by atoms with E-state index < -0.39 is 5.41 Å². The van der Waals surface area contributed by atoms with Gasteiger partial charge in [0.05, 0.1) is 17.7 Å². The number of ether oxygens (including phenoxy) is 1. The summed E-state index contributed by atoms with van der Waals surface area (Å²) in [6.07, 6.45) is 2.70. The molecule has 1 aromatic rings. The van der Waals surface area contributed by atoms with Gasteiger partial charge in [-0.15, -0.1) is 0 Å². The Morgan fingerprint density at radius 2 is 2.39 bits per heavy atom. The molecule has 2 atom stereocenters. The SMILES string of the molecule is CCC(C)(CC(C)C#N)C(=O)OCc1ccco1.